The van der Waals surface area contributed by atoms with Gasteiger partial charge in [-0.1, -0.05) is 23.5 Å². The molecule has 0 aliphatic heterocycles. The Kier molecular flexibility index (Phi) is 5.15. The molecule has 100 valence electrons. The fourth-order valence-electron chi connectivity index (χ4n) is 1.46. The quantitative estimate of drug-likeness (QED) is 0.728. The summed E-state index contributed by atoms with van der Waals surface area (Å²) in [7, 11) is 0. The molecule has 1 aromatic heterocycles. The van der Waals surface area contributed by atoms with E-state index < -0.39 is 0 Å². The van der Waals surface area contributed by atoms with Crippen LogP contribution in [-0.4, -0.2) is 12.2 Å². The van der Waals surface area contributed by atoms with Gasteiger partial charge in [0.2, 0.25) is 0 Å². The molecule has 7 heteroatoms. The topological polar surface area (TPSA) is 41.1 Å². The Hall–Kier alpha value is -0.690. The molecule has 3 nitrogen and oxygen atoms in total. The molecule has 2 rings (SSSR count). The van der Waals surface area contributed by atoms with Gasteiger partial charge in [-0.3, -0.25) is 4.79 Å². The molecule has 1 heterocycles. The van der Waals surface area contributed by atoms with Crippen molar-refractivity contribution in [3.05, 3.63) is 44.0 Å². The molecule has 2 aromatic rings. The van der Waals surface area contributed by atoms with E-state index in [1.165, 1.54) is 23.3 Å². The largest absolute Gasteiger partial charge is 0.330 e. The Balaban J connectivity index is 2.16. The van der Waals surface area contributed by atoms with Crippen LogP contribution < -0.4 is 10.0 Å². The number of halogens is 2. The van der Waals surface area contributed by atoms with Crippen LogP contribution in [0.25, 0.3) is 0 Å². The zero-order valence-corrected chi connectivity index (χ0v) is 13.8. The van der Waals surface area contributed by atoms with Gasteiger partial charge in [0.05, 0.1) is 4.88 Å². The van der Waals surface area contributed by atoms with Gasteiger partial charge in [-0.25, -0.2) is 0 Å². The molecule has 0 aliphatic rings. The third kappa shape index (κ3) is 4.14. The normalized spacial score (nSPS) is 10.3. The van der Waals surface area contributed by atoms with Crippen LogP contribution in [0.4, 0.5) is 11.4 Å². The first kappa shape index (κ1) is 14.7. The van der Waals surface area contributed by atoms with E-state index in [0.717, 1.165) is 10.2 Å². The number of carbonyl (C=O) groups excluding carboxylic acids is 1. The average Bonchev–Trinajstić information content (AvgIpc) is 2.75. The Morgan fingerprint density at radius 2 is 2.05 bits per heavy atom. The van der Waals surface area contributed by atoms with Crippen LogP contribution in [0, 0.1) is 0 Å². The number of rotatable bonds is 4. The monoisotopic (exact) mass is 376 g/mol. The van der Waals surface area contributed by atoms with Gasteiger partial charge >= 0.3 is 0 Å². The summed E-state index contributed by atoms with van der Waals surface area (Å²) in [5.41, 5.74) is 1.52. The van der Waals surface area contributed by atoms with Gasteiger partial charge in [-0.05, 0) is 40.2 Å². The van der Waals surface area contributed by atoms with Crippen LogP contribution >= 0.6 is 50.8 Å². The number of carbonyl (C=O) groups is 1. The maximum Gasteiger partial charge on any atom is 0.265 e. The number of benzene rings is 1. The highest BCUT2D eigenvalue weighted by Gasteiger charge is 2.09. The van der Waals surface area contributed by atoms with Crippen LogP contribution in [0.5, 0.6) is 0 Å². The molecule has 1 aromatic carbocycles. The number of hydrogen-bond donors (Lipinski definition) is 2. The van der Waals surface area contributed by atoms with Gasteiger partial charge < -0.3 is 10.0 Å². The standard InChI is InChI=1S/C12H10BrClN2OS2/c1-18-16-10-4-8(14)3-9(5-10)15-12(17)11-2-7(13)6-19-11/h2-6,16H,1H3,(H,15,17). The molecular weight excluding hydrogens is 368 g/mol. The Labute approximate surface area is 133 Å². The molecule has 0 atom stereocenters. The molecule has 0 aliphatic carbocycles. The van der Waals surface area contributed by atoms with E-state index in [4.69, 9.17) is 11.6 Å². The molecule has 0 fully saturated rings. The third-order valence-electron chi connectivity index (χ3n) is 2.17. The summed E-state index contributed by atoms with van der Waals surface area (Å²) in [5, 5.41) is 5.27. The van der Waals surface area contributed by atoms with Gasteiger partial charge in [0.15, 0.2) is 0 Å². The molecule has 0 spiro atoms. The highest BCUT2D eigenvalue weighted by molar-refractivity contribution is 9.10. The summed E-state index contributed by atoms with van der Waals surface area (Å²) in [6.45, 7) is 0. The van der Waals surface area contributed by atoms with Crippen molar-refractivity contribution in [3.63, 3.8) is 0 Å². The molecule has 0 saturated carbocycles. The van der Waals surface area contributed by atoms with E-state index in [1.54, 1.807) is 18.2 Å². The molecule has 1 amide bonds. The maximum absolute atomic E-state index is 12.0. The van der Waals surface area contributed by atoms with Gasteiger partial charge in [0.25, 0.3) is 5.91 Å². The highest BCUT2D eigenvalue weighted by atomic mass is 79.9. The molecule has 0 unspecified atom stereocenters. The fourth-order valence-corrected chi connectivity index (χ4v) is 3.37. The van der Waals surface area contributed by atoms with E-state index in [9.17, 15) is 4.79 Å². The highest BCUT2D eigenvalue weighted by Crippen LogP contribution is 2.26. The first-order chi connectivity index (χ1) is 9.08. The Bertz CT molecular complexity index is 603. The zero-order valence-electron chi connectivity index (χ0n) is 9.87. The van der Waals surface area contributed by atoms with Crippen LogP contribution in [-0.2, 0) is 0 Å². The second kappa shape index (κ2) is 6.65. The van der Waals surface area contributed by atoms with Crippen molar-refractivity contribution >= 4 is 68.1 Å². The SMILES string of the molecule is CSNc1cc(Cl)cc(NC(=O)c2cc(Br)cs2)c1. The molecular formula is C12H10BrClN2OS2. The van der Waals surface area contributed by atoms with E-state index in [0.29, 0.717) is 15.6 Å². The van der Waals surface area contributed by atoms with Crippen molar-refractivity contribution < 1.29 is 4.79 Å². The van der Waals surface area contributed by atoms with E-state index in [1.807, 2.05) is 17.7 Å². The fraction of sp³-hybridized carbons (Fsp3) is 0.0833. The molecule has 2 N–H and O–H groups in total. The summed E-state index contributed by atoms with van der Waals surface area (Å²) in [4.78, 5) is 12.7. The third-order valence-corrected chi connectivity index (χ3v) is 4.51. The van der Waals surface area contributed by atoms with Crippen molar-refractivity contribution in [2.45, 2.75) is 0 Å². The van der Waals surface area contributed by atoms with Gasteiger partial charge in [0, 0.05) is 32.5 Å². The number of nitrogens with one attached hydrogen (secondary N) is 2. The van der Waals surface area contributed by atoms with Gasteiger partial charge in [0.1, 0.15) is 0 Å². The summed E-state index contributed by atoms with van der Waals surface area (Å²) in [6.07, 6.45) is 1.92. The second-order valence-electron chi connectivity index (χ2n) is 3.62. The van der Waals surface area contributed by atoms with Gasteiger partial charge in [-0.15, -0.1) is 11.3 Å². The summed E-state index contributed by atoms with van der Waals surface area (Å²) < 4.78 is 3.98. The molecule has 19 heavy (non-hydrogen) atoms. The van der Waals surface area contributed by atoms with Crippen molar-refractivity contribution in [1.82, 2.24) is 0 Å². The minimum atomic E-state index is -0.145. The summed E-state index contributed by atoms with van der Waals surface area (Å²) >= 11 is 12.2. The lowest BCUT2D eigenvalue weighted by atomic mass is 10.2. The number of hydrogen-bond acceptors (Lipinski definition) is 4. The number of amides is 1. The van der Waals surface area contributed by atoms with Crippen molar-refractivity contribution in [2.75, 3.05) is 16.3 Å². The van der Waals surface area contributed by atoms with Crippen LogP contribution in [0.15, 0.2) is 34.1 Å². The molecule has 0 bridgehead atoms. The number of anilines is 2. The van der Waals surface area contributed by atoms with Crippen LogP contribution in [0.3, 0.4) is 0 Å². The smallest absolute Gasteiger partial charge is 0.265 e. The molecule has 0 saturated heterocycles. The minimum absolute atomic E-state index is 0.145. The van der Waals surface area contributed by atoms with Crippen LogP contribution in [0.1, 0.15) is 9.67 Å². The molecule has 0 radical (unpaired) electrons. The summed E-state index contributed by atoms with van der Waals surface area (Å²) in [6, 6.07) is 7.14. The number of thiophene rings is 1. The average molecular weight is 378 g/mol. The van der Waals surface area contributed by atoms with E-state index in [-0.39, 0.29) is 5.91 Å². The van der Waals surface area contributed by atoms with Crippen molar-refractivity contribution in [3.8, 4) is 0 Å². The maximum atomic E-state index is 12.0. The van der Waals surface area contributed by atoms with E-state index >= 15 is 0 Å². The lowest BCUT2D eigenvalue weighted by Gasteiger charge is -2.08. The lowest BCUT2D eigenvalue weighted by Crippen LogP contribution is -2.10. The van der Waals surface area contributed by atoms with E-state index in [2.05, 4.69) is 26.0 Å². The Morgan fingerprint density at radius 1 is 1.32 bits per heavy atom. The lowest BCUT2D eigenvalue weighted by molar-refractivity contribution is 0.103. The second-order valence-corrected chi connectivity index (χ2v) is 6.49. The van der Waals surface area contributed by atoms with Gasteiger partial charge in [-0.2, -0.15) is 0 Å². The van der Waals surface area contributed by atoms with Crippen molar-refractivity contribution in [2.24, 2.45) is 0 Å². The first-order valence-electron chi connectivity index (χ1n) is 5.23. The minimum Gasteiger partial charge on any atom is -0.330 e. The Morgan fingerprint density at radius 3 is 2.68 bits per heavy atom. The predicted octanol–water partition coefficient (Wildman–Crippen LogP) is 5.11. The predicted molar refractivity (Wildman–Crippen MR) is 88.6 cm³/mol. The first-order valence-corrected chi connectivity index (χ1v) is 8.51. The van der Waals surface area contributed by atoms with Crippen molar-refractivity contribution in [1.29, 1.82) is 0 Å². The zero-order chi connectivity index (χ0) is 13.8. The van der Waals surface area contributed by atoms with Crippen LogP contribution in [0.2, 0.25) is 5.02 Å². The summed E-state index contributed by atoms with van der Waals surface area (Å²) in [5.74, 6) is -0.145.